The first-order chi connectivity index (χ1) is 6.04. The van der Waals surface area contributed by atoms with E-state index in [4.69, 9.17) is 4.55 Å². The van der Waals surface area contributed by atoms with E-state index in [0.717, 1.165) is 0 Å². The van der Waals surface area contributed by atoms with Crippen molar-refractivity contribution < 1.29 is 13.0 Å². The molecule has 6 heteroatoms. The van der Waals surface area contributed by atoms with Gasteiger partial charge in [0.1, 0.15) is 0 Å². The van der Waals surface area contributed by atoms with Crippen molar-refractivity contribution in [2.75, 3.05) is 0 Å². The van der Waals surface area contributed by atoms with Crippen LogP contribution >= 0.6 is 12.2 Å². The summed E-state index contributed by atoms with van der Waals surface area (Å²) in [7, 11) is -4.17. The lowest BCUT2D eigenvalue weighted by molar-refractivity contribution is 0.483. The van der Waals surface area contributed by atoms with Gasteiger partial charge in [0, 0.05) is 0 Å². The van der Waals surface area contributed by atoms with Crippen LogP contribution in [0.15, 0.2) is 34.2 Å². The van der Waals surface area contributed by atoms with Gasteiger partial charge in [-0.3, -0.25) is 4.55 Å². The Labute approximate surface area is 80.7 Å². The van der Waals surface area contributed by atoms with Gasteiger partial charge in [0.15, 0.2) is 0 Å². The molecule has 0 aliphatic rings. The van der Waals surface area contributed by atoms with Crippen LogP contribution in [-0.2, 0) is 10.1 Å². The van der Waals surface area contributed by atoms with Crippen LogP contribution in [0.25, 0.3) is 0 Å². The second kappa shape index (κ2) is 3.76. The average Bonchev–Trinajstić information content (AvgIpc) is 2.04. The SMILES string of the molecule is O=S(=O)(O)c1cccc(N=C=S)c1. The molecular weight excluding hydrogens is 210 g/mol. The molecule has 0 saturated heterocycles. The molecule has 68 valence electrons. The third-order valence-corrected chi connectivity index (χ3v) is 2.23. The summed E-state index contributed by atoms with van der Waals surface area (Å²) < 4.78 is 30.0. The highest BCUT2D eigenvalue weighted by molar-refractivity contribution is 7.85. The number of hydrogen-bond acceptors (Lipinski definition) is 4. The van der Waals surface area contributed by atoms with Crippen LogP contribution in [-0.4, -0.2) is 18.1 Å². The van der Waals surface area contributed by atoms with E-state index in [1.807, 2.05) is 0 Å². The predicted molar refractivity (Wildman–Crippen MR) is 50.9 cm³/mol. The fourth-order valence-electron chi connectivity index (χ4n) is 0.766. The van der Waals surface area contributed by atoms with Crippen LogP contribution in [0, 0.1) is 0 Å². The molecular formula is C7H5NO3S2. The van der Waals surface area contributed by atoms with E-state index in [-0.39, 0.29) is 4.90 Å². The molecule has 0 amide bonds. The normalized spacial score (nSPS) is 10.5. The molecule has 0 spiro atoms. The molecule has 1 rings (SSSR count). The van der Waals surface area contributed by atoms with Gasteiger partial charge in [-0.05, 0) is 30.4 Å². The van der Waals surface area contributed by atoms with Gasteiger partial charge in [0.05, 0.1) is 15.7 Å². The van der Waals surface area contributed by atoms with Crippen LogP contribution in [0.3, 0.4) is 0 Å². The fraction of sp³-hybridized carbons (Fsp3) is 0. The molecule has 0 aliphatic carbocycles. The highest BCUT2D eigenvalue weighted by Crippen LogP contribution is 2.16. The first kappa shape index (κ1) is 10.0. The van der Waals surface area contributed by atoms with Crippen molar-refractivity contribution in [3.63, 3.8) is 0 Å². The third kappa shape index (κ3) is 2.71. The van der Waals surface area contributed by atoms with Gasteiger partial charge in [-0.1, -0.05) is 6.07 Å². The summed E-state index contributed by atoms with van der Waals surface area (Å²) >= 11 is 4.34. The van der Waals surface area contributed by atoms with E-state index < -0.39 is 10.1 Å². The Bertz CT molecular complexity index is 460. The summed E-state index contributed by atoms with van der Waals surface area (Å²) in [6.07, 6.45) is 0. The Morgan fingerprint density at radius 1 is 1.46 bits per heavy atom. The predicted octanol–water partition coefficient (Wildman–Crippen LogP) is 1.67. The lowest BCUT2D eigenvalue weighted by atomic mass is 10.3. The highest BCUT2D eigenvalue weighted by atomic mass is 32.2. The molecule has 4 nitrogen and oxygen atoms in total. The zero-order chi connectivity index (χ0) is 9.90. The fourth-order valence-corrected chi connectivity index (χ4v) is 1.39. The molecule has 0 heterocycles. The highest BCUT2D eigenvalue weighted by Gasteiger charge is 2.08. The maximum absolute atomic E-state index is 10.7. The van der Waals surface area contributed by atoms with E-state index in [2.05, 4.69) is 22.4 Å². The Morgan fingerprint density at radius 2 is 2.15 bits per heavy atom. The van der Waals surface area contributed by atoms with Gasteiger partial charge in [0.2, 0.25) is 0 Å². The third-order valence-electron chi connectivity index (χ3n) is 1.29. The number of nitrogens with zero attached hydrogens (tertiary/aromatic N) is 1. The zero-order valence-electron chi connectivity index (χ0n) is 6.34. The molecule has 0 atom stereocenters. The average molecular weight is 215 g/mol. The molecule has 0 aliphatic heterocycles. The van der Waals surface area contributed by atoms with Gasteiger partial charge >= 0.3 is 0 Å². The quantitative estimate of drug-likeness (QED) is 0.463. The number of isothiocyanates is 1. The molecule has 1 aromatic rings. The second-order valence-electron chi connectivity index (χ2n) is 2.18. The van der Waals surface area contributed by atoms with Crippen molar-refractivity contribution in [1.29, 1.82) is 0 Å². The smallest absolute Gasteiger partial charge is 0.282 e. The van der Waals surface area contributed by atoms with Crippen LogP contribution in [0.5, 0.6) is 0 Å². The topological polar surface area (TPSA) is 66.7 Å². The van der Waals surface area contributed by atoms with Gasteiger partial charge in [-0.15, -0.1) is 0 Å². The summed E-state index contributed by atoms with van der Waals surface area (Å²) in [6.45, 7) is 0. The Morgan fingerprint density at radius 3 is 2.69 bits per heavy atom. The van der Waals surface area contributed by atoms with Gasteiger partial charge < -0.3 is 0 Å². The van der Waals surface area contributed by atoms with E-state index in [1.165, 1.54) is 18.2 Å². The Kier molecular flexibility index (Phi) is 2.90. The number of rotatable bonds is 2. The molecule has 0 radical (unpaired) electrons. The standard InChI is InChI=1S/C7H5NO3S2/c9-13(10,11)7-3-1-2-6(4-7)8-5-12/h1-4H,(H,9,10,11). The number of aliphatic imine (C=N–C) groups is 1. The molecule has 0 bridgehead atoms. The summed E-state index contributed by atoms with van der Waals surface area (Å²) in [5, 5.41) is 2.09. The van der Waals surface area contributed by atoms with Crippen molar-refractivity contribution in [2.45, 2.75) is 4.90 Å². The number of thiocarbonyl (C=S) groups is 1. The Hall–Kier alpha value is -1.07. The van der Waals surface area contributed by atoms with Crippen molar-refractivity contribution in [3.8, 4) is 0 Å². The molecule has 0 saturated carbocycles. The van der Waals surface area contributed by atoms with E-state index in [1.54, 1.807) is 6.07 Å². The second-order valence-corrected chi connectivity index (χ2v) is 3.78. The monoisotopic (exact) mass is 215 g/mol. The Balaban J connectivity index is 3.28. The lowest BCUT2D eigenvalue weighted by Gasteiger charge is -1.96. The van der Waals surface area contributed by atoms with Gasteiger partial charge in [-0.2, -0.15) is 13.4 Å². The molecule has 1 aromatic carbocycles. The van der Waals surface area contributed by atoms with Crippen LogP contribution in [0.1, 0.15) is 0 Å². The van der Waals surface area contributed by atoms with Crippen molar-refractivity contribution >= 4 is 33.2 Å². The minimum absolute atomic E-state index is 0.209. The summed E-state index contributed by atoms with van der Waals surface area (Å²) in [4.78, 5) is 3.36. The number of benzene rings is 1. The summed E-state index contributed by atoms with van der Waals surface area (Å²) in [5.74, 6) is 0. The largest absolute Gasteiger partial charge is 0.294 e. The zero-order valence-corrected chi connectivity index (χ0v) is 7.97. The molecule has 1 N–H and O–H groups in total. The van der Waals surface area contributed by atoms with Crippen molar-refractivity contribution in [1.82, 2.24) is 0 Å². The van der Waals surface area contributed by atoms with E-state index in [0.29, 0.717) is 5.69 Å². The minimum atomic E-state index is -4.17. The maximum Gasteiger partial charge on any atom is 0.294 e. The van der Waals surface area contributed by atoms with Crippen LogP contribution < -0.4 is 0 Å². The van der Waals surface area contributed by atoms with Crippen molar-refractivity contribution in [2.24, 2.45) is 4.99 Å². The van der Waals surface area contributed by atoms with E-state index in [9.17, 15) is 8.42 Å². The lowest BCUT2D eigenvalue weighted by Crippen LogP contribution is -1.96. The first-order valence-electron chi connectivity index (χ1n) is 3.19. The summed E-state index contributed by atoms with van der Waals surface area (Å²) in [6, 6.07) is 5.47. The first-order valence-corrected chi connectivity index (χ1v) is 5.04. The molecule has 13 heavy (non-hydrogen) atoms. The van der Waals surface area contributed by atoms with Crippen LogP contribution in [0.2, 0.25) is 0 Å². The van der Waals surface area contributed by atoms with Gasteiger partial charge in [0.25, 0.3) is 10.1 Å². The molecule has 0 aromatic heterocycles. The van der Waals surface area contributed by atoms with Crippen LogP contribution in [0.4, 0.5) is 5.69 Å². The van der Waals surface area contributed by atoms with E-state index >= 15 is 0 Å². The van der Waals surface area contributed by atoms with Crippen molar-refractivity contribution in [3.05, 3.63) is 24.3 Å². The minimum Gasteiger partial charge on any atom is -0.282 e. The molecule has 0 fully saturated rings. The maximum atomic E-state index is 10.7. The summed E-state index contributed by atoms with van der Waals surface area (Å²) in [5.41, 5.74) is 0.338. The number of hydrogen-bond donors (Lipinski definition) is 1. The molecule has 0 unspecified atom stereocenters. The van der Waals surface area contributed by atoms with Gasteiger partial charge in [-0.25, -0.2) is 0 Å².